The molecule has 1 saturated heterocycles. The fourth-order valence-corrected chi connectivity index (χ4v) is 4.46. The Balaban J connectivity index is 1.30. The molecule has 6 nitrogen and oxygen atoms in total. The van der Waals surface area contributed by atoms with Crippen LogP contribution >= 0.6 is 0 Å². The molecule has 6 heteroatoms. The van der Waals surface area contributed by atoms with E-state index in [-0.39, 0.29) is 5.56 Å². The van der Waals surface area contributed by atoms with Crippen molar-refractivity contribution < 1.29 is 0 Å². The fourth-order valence-electron chi connectivity index (χ4n) is 4.46. The molecule has 1 saturated carbocycles. The summed E-state index contributed by atoms with van der Waals surface area (Å²) in [5.41, 5.74) is 2.30. The van der Waals surface area contributed by atoms with Gasteiger partial charge in [-0.25, -0.2) is 9.67 Å². The van der Waals surface area contributed by atoms with Crippen molar-refractivity contribution in [3.05, 3.63) is 45.9 Å². The molecule has 2 fully saturated rings. The van der Waals surface area contributed by atoms with Crippen LogP contribution in [0, 0.1) is 0 Å². The Morgan fingerprint density at radius 1 is 1.08 bits per heavy atom. The lowest BCUT2D eigenvalue weighted by atomic mass is 10.2. The van der Waals surface area contributed by atoms with E-state index < -0.39 is 0 Å². The smallest absolute Gasteiger partial charge is 0.266 e. The van der Waals surface area contributed by atoms with E-state index in [4.69, 9.17) is 4.98 Å². The number of hydrogen-bond donors (Lipinski definition) is 0. The van der Waals surface area contributed by atoms with Crippen LogP contribution in [0.25, 0.3) is 0 Å². The summed E-state index contributed by atoms with van der Waals surface area (Å²) >= 11 is 0. The number of aromatic nitrogens is 4. The van der Waals surface area contributed by atoms with Gasteiger partial charge in [-0.2, -0.15) is 5.10 Å². The first-order valence-corrected chi connectivity index (χ1v) is 10.1. The molecule has 2 aliphatic heterocycles. The molecule has 2 aromatic rings. The van der Waals surface area contributed by atoms with E-state index in [9.17, 15) is 4.79 Å². The average Bonchev–Trinajstić information content (AvgIpc) is 3.28. The van der Waals surface area contributed by atoms with Gasteiger partial charge in [0, 0.05) is 43.7 Å². The van der Waals surface area contributed by atoms with E-state index in [1.54, 1.807) is 10.7 Å². The van der Waals surface area contributed by atoms with Crippen LogP contribution in [0.5, 0.6) is 0 Å². The molecule has 0 amide bonds. The van der Waals surface area contributed by atoms with Gasteiger partial charge >= 0.3 is 0 Å². The number of rotatable bonds is 5. The number of aryl methyl sites for hydroxylation is 2. The fraction of sp³-hybridized carbons (Fsp3) is 0.650. The van der Waals surface area contributed by atoms with Crippen LogP contribution in [0.4, 0.5) is 0 Å². The Morgan fingerprint density at radius 2 is 2.00 bits per heavy atom. The molecule has 0 aromatic carbocycles. The molecule has 26 heavy (non-hydrogen) atoms. The Labute approximate surface area is 153 Å². The van der Waals surface area contributed by atoms with Crippen LogP contribution in [0.15, 0.2) is 23.1 Å². The van der Waals surface area contributed by atoms with Crippen LogP contribution < -0.4 is 5.56 Å². The van der Waals surface area contributed by atoms with E-state index in [0.29, 0.717) is 18.5 Å². The number of hydrogen-bond acceptors (Lipinski definition) is 4. The molecule has 4 heterocycles. The molecule has 1 unspecified atom stereocenters. The molecule has 5 rings (SSSR count). The van der Waals surface area contributed by atoms with E-state index in [2.05, 4.69) is 20.8 Å². The quantitative estimate of drug-likeness (QED) is 0.828. The van der Waals surface area contributed by atoms with Crippen molar-refractivity contribution in [2.75, 3.05) is 6.54 Å². The highest BCUT2D eigenvalue weighted by Gasteiger charge is 2.28. The maximum absolute atomic E-state index is 12.3. The molecule has 2 aromatic heterocycles. The van der Waals surface area contributed by atoms with Gasteiger partial charge in [-0.05, 0) is 51.1 Å². The summed E-state index contributed by atoms with van der Waals surface area (Å²) in [6, 6.07) is 4.00. The van der Waals surface area contributed by atoms with E-state index in [0.717, 1.165) is 38.2 Å². The second-order valence-corrected chi connectivity index (χ2v) is 8.12. The normalized spacial score (nSPS) is 23.3. The van der Waals surface area contributed by atoms with Crippen molar-refractivity contribution in [2.45, 2.75) is 76.5 Å². The Hall–Kier alpha value is -1.95. The minimum atomic E-state index is 0.0266. The van der Waals surface area contributed by atoms with Gasteiger partial charge in [0.05, 0.1) is 17.9 Å². The molecule has 1 atom stereocenters. The minimum absolute atomic E-state index is 0.0266. The predicted octanol–water partition coefficient (Wildman–Crippen LogP) is 2.32. The molecular formula is C20H27N5O. The molecule has 0 spiro atoms. The highest BCUT2D eigenvalue weighted by molar-refractivity contribution is 5.13. The summed E-state index contributed by atoms with van der Waals surface area (Å²) in [5, 5.41) is 4.65. The number of fused-ring (bicyclic) bond motifs is 1. The van der Waals surface area contributed by atoms with Gasteiger partial charge in [-0.3, -0.25) is 9.69 Å². The molecule has 1 aliphatic carbocycles. The number of nitrogens with zero attached hydrogens (tertiary/aromatic N) is 5. The van der Waals surface area contributed by atoms with Gasteiger partial charge in [0.15, 0.2) is 0 Å². The van der Waals surface area contributed by atoms with Crippen LogP contribution in [-0.2, 0) is 26.1 Å². The third-order valence-electron chi connectivity index (χ3n) is 6.09. The van der Waals surface area contributed by atoms with Crippen molar-refractivity contribution in [2.24, 2.45) is 0 Å². The van der Waals surface area contributed by atoms with Crippen LogP contribution in [0.3, 0.4) is 0 Å². The van der Waals surface area contributed by atoms with Gasteiger partial charge in [0.25, 0.3) is 5.56 Å². The van der Waals surface area contributed by atoms with Gasteiger partial charge in [-0.15, -0.1) is 0 Å². The summed E-state index contributed by atoms with van der Waals surface area (Å²) in [6.45, 7) is 3.79. The van der Waals surface area contributed by atoms with E-state index >= 15 is 0 Å². The lowest BCUT2D eigenvalue weighted by molar-refractivity contribution is 0.214. The number of imidazole rings is 1. The second-order valence-electron chi connectivity index (χ2n) is 8.12. The zero-order valence-electron chi connectivity index (χ0n) is 15.3. The maximum atomic E-state index is 12.3. The lowest BCUT2D eigenvalue weighted by Crippen LogP contribution is -2.37. The van der Waals surface area contributed by atoms with Crippen LogP contribution in [-0.4, -0.2) is 36.8 Å². The van der Waals surface area contributed by atoms with Crippen LogP contribution in [0.1, 0.15) is 61.7 Å². The minimum Gasteiger partial charge on any atom is -0.335 e. The summed E-state index contributed by atoms with van der Waals surface area (Å²) < 4.78 is 4.03. The molecule has 138 valence electrons. The van der Waals surface area contributed by atoms with Crippen molar-refractivity contribution in [3.8, 4) is 0 Å². The molecule has 0 radical (unpaired) electrons. The number of likely N-dealkylation sites (tertiary alicyclic amines) is 1. The Morgan fingerprint density at radius 3 is 2.85 bits per heavy atom. The SMILES string of the molecule is O=c1ccc(C2CC2)nn1CC1CCCN1Cc1cn2c(n1)CCCC2. The zero-order chi connectivity index (χ0) is 17.5. The Kier molecular flexibility index (Phi) is 4.15. The van der Waals surface area contributed by atoms with Crippen molar-refractivity contribution in [1.29, 1.82) is 0 Å². The van der Waals surface area contributed by atoms with E-state index in [1.807, 2.05) is 6.07 Å². The highest BCUT2D eigenvalue weighted by Crippen LogP contribution is 2.38. The van der Waals surface area contributed by atoms with E-state index in [1.165, 1.54) is 43.6 Å². The zero-order valence-corrected chi connectivity index (χ0v) is 15.3. The standard InChI is InChI=1S/C20H27N5O/c26-20-9-8-18(15-6-7-15)22-25(20)14-17-4-3-11-23(17)12-16-13-24-10-2-1-5-19(24)21-16/h8-9,13,15,17H,1-7,10-12,14H2. The predicted molar refractivity (Wildman–Crippen MR) is 99.1 cm³/mol. The van der Waals surface area contributed by atoms with Crippen molar-refractivity contribution in [3.63, 3.8) is 0 Å². The second kappa shape index (κ2) is 6.65. The van der Waals surface area contributed by atoms with Gasteiger partial charge < -0.3 is 4.57 Å². The third-order valence-corrected chi connectivity index (χ3v) is 6.09. The lowest BCUT2D eigenvalue weighted by Gasteiger charge is -2.24. The summed E-state index contributed by atoms with van der Waals surface area (Å²) in [7, 11) is 0. The summed E-state index contributed by atoms with van der Waals surface area (Å²) in [5.74, 6) is 1.83. The maximum Gasteiger partial charge on any atom is 0.266 e. The molecule has 3 aliphatic rings. The largest absolute Gasteiger partial charge is 0.335 e. The monoisotopic (exact) mass is 353 g/mol. The average molecular weight is 353 g/mol. The summed E-state index contributed by atoms with van der Waals surface area (Å²) in [4.78, 5) is 19.6. The third kappa shape index (κ3) is 3.22. The summed E-state index contributed by atoms with van der Waals surface area (Å²) in [6.07, 6.45) is 10.6. The molecular weight excluding hydrogens is 326 g/mol. The first kappa shape index (κ1) is 16.2. The molecule has 0 N–H and O–H groups in total. The molecule has 0 bridgehead atoms. The van der Waals surface area contributed by atoms with Gasteiger partial charge in [0.2, 0.25) is 0 Å². The topological polar surface area (TPSA) is 56.0 Å². The van der Waals surface area contributed by atoms with Gasteiger partial charge in [0.1, 0.15) is 5.82 Å². The first-order valence-electron chi connectivity index (χ1n) is 10.1. The highest BCUT2D eigenvalue weighted by atomic mass is 16.1. The van der Waals surface area contributed by atoms with Gasteiger partial charge in [-0.1, -0.05) is 0 Å². The van der Waals surface area contributed by atoms with Crippen LogP contribution in [0.2, 0.25) is 0 Å². The Bertz CT molecular complexity index is 827. The first-order chi connectivity index (χ1) is 12.8. The van der Waals surface area contributed by atoms with Crippen molar-refractivity contribution in [1.82, 2.24) is 24.2 Å². The van der Waals surface area contributed by atoms with Crippen molar-refractivity contribution >= 4 is 0 Å².